The number of nitrogens with two attached hydrogens (primary N) is 3. The Balaban J connectivity index is 2.31. The quantitative estimate of drug-likeness (QED) is 0.108. The van der Waals surface area contributed by atoms with Crippen molar-refractivity contribution in [3.05, 3.63) is 36.0 Å². The van der Waals surface area contributed by atoms with Gasteiger partial charge in [0.25, 0.3) is 0 Å². The summed E-state index contributed by atoms with van der Waals surface area (Å²) in [6.45, 7) is 0. The topological polar surface area (TPSA) is 253 Å². The summed E-state index contributed by atoms with van der Waals surface area (Å²) >= 11 is 1.48. The van der Waals surface area contributed by atoms with E-state index in [1.54, 1.807) is 18.3 Å². The zero-order valence-electron chi connectivity index (χ0n) is 22.0. The Bertz CT molecular complexity index is 1240. The maximum atomic E-state index is 13.3. The fourth-order valence-corrected chi connectivity index (χ4v) is 4.37. The third kappa shape index (κ3) is 9.89. The van der Waals surface area contributed by atoms with Gasteiger partial charge in [0, 0.05) is 29.9 Å². The van der Waals surface area contributed by atoms with Gasteiger partial charge in [-0.25, -0.2) is 4.79 Å². The number of nitrogens with one attached hydrogen (secondary N) is 4. The molecule has 2 rings (SSSR count). The Labute approximate surface area is 234 Å². The maximum absolute atomic E-state index is 13.3. The summed E-state index contributed by atoms with van der Waals surface area (Å²) in [5.41, 5.74) is 17.7. The van der Waals surface area contributed by atoms with Crippen LogP contribution in [0.15, 0.2) is 30.5 Å². The summed E-state index contributed by atoms with van der Waals surface area (Å²) in [4.78, 5) is 76.7. The number of aliphatic carboxylic acids is 1. The number of hydrogen-bond acceptors (Lipinski definition) is 8. The standard InChI is InChI=1S/C25H35N7O7S/c1-40-9-8-15(26)22(35)31-19(11-21(28)34)24(37)32-18(10-13-12-29-16-5-3-2-4-14(13)16)23(36)30-17(25(38)39)6-7-20(27)33/h2-5,12,15,17-19,29H,6-11,26H2,1H3,(H2,27,33)(H2,28,34)(H,30,36)(H,31,35)(H,32,37)(H,38,39). The molecule has 0 aliphatic rings. The third-order valence-corrected chi connectivity index (χ3v) is 6.68. The van der Waals surface area contributed by atoms with E-state index in [1.165, 1.54) is 11.8 Å². The minimum Gasteiger partial charge on any atom is -0.480 e. The molecule has 0 spiro atoms. The summed E-state index contributed by atoms with van der Waals surface area (Å²) in [5, 5.41) is 17.5. The lowest BCUT2D eigenvalue weighted by atomic mass is 10.0. The van der Waals surface area contributed by atoms with Gasteiger partial charge in [-0.2, -0.15) is 11.8 Å². The first kappa shape index (κ1) is 32.1. The Kier molecular flexibility index (Phi) is 12.4. The molecule has 0 fully saturated rings. The highest BCUT2D eigenvalue weighted by molar-refractivity contribution is 7.98. The minimum absolute atomic E-state index is 0.0752. The SMILES string of the molecule is CSCCC(N)C(=O)NC(CC(N)=O)C(=O)NC(Cc1c[nH]c2ccccc12)C(=O)NC(CCC(N)=O)C(=O)O. The van der Waals surface area contributed by atoms with Crippen LogP contribution in [-0.4, -0.2) is 81.8 Å². The van der Waals surface area contributed by atoms with Crippen LogP contribution < -0.4 is 33.2 Å². The van der Waals surface area contributed by atoms with E-state index in [1.807, 2.05) is 18.4 Å². The number of fused-ring (bicyclic) bond motifs is 1. The maximum Gasteiger partial charge on any atom is 0.326 e. The zero-order chi connectivity index (χ0) is 29.8. The molecule has 5 amide bonds. The molecule has 4 atom stereocenters. The molecule has 1 aromatic carbocycles. The molecule has 15 heteroatoms. The summed E-state index contributed by atoms with van der Waals surface area (Å²) in [7, 11) is 0. The number of carboxylic acids is 1. The molecule has 11 N–H and O–H groups in total. The van der Waals surface area contributed by atoms with E-state index in [9.17, 15) is 33.9 Å². The van der Waals surface area contributed by atoms with Gasteiger partial charge >= 0.3 is 5.97 Å². The van der Waals surface area contributed by atoms with E-state index < -0.39 is 66.1 Å². The second-order valence-electron chi connectivity index (χ2n) is 9.15. The number of aromatic nitrogens is 1. The molecule has 4 unspecified atom stereocenters. The van der Waals surface area contributed by atoms with E-state index in [0.29, 0.717) is 17.7 Å². The summed E-state index contributed by atoms with van der Waals surface area (Å²) in [6, 6.07) is 2.04. The van der Waals surface area contributed by atoms with Crippen molar-refractivity contribution in [2.75, 3.05) is 12.0 Å². The number of thioether (sulfide) groups is 1. The van der Waals surface area contributed by atoms with Gasteiger partial charge in [0.15, 0.2) is 0 Å². The fraction of sp³-hybridized carbons (Fsp3) is 0.440. The third-order valence-electron chi connectivity index (χ3n) is 6.03. The lowest BCUT2D eigenvalue weighted by Gasteiger charge is -2.25. The fourth-order valence-electron chi connectivity index (χ4n) is 3.88. The monoisotopic (exact) mass is 577 g/mol. The number of primary amides is 2. The molecule has 1 heterocycles. The number of para-hydroxylation sites is 1. The highest BCUT2D eigenvalue weighted by atomic mass is 32.2. The second kappa shape index (κ2) is 15.5. The van der Waals surface area contributed by atoms with E-state index >= 15 is 0 Å². The first-order valence-electron chi connectivity index (χ1n) is 12.4. The first-order chi connectivity index (χ1) is 18.9. The molecule has 0 bridgehead atoms. The molecule has 218 valence electrons. The average Bonchev–Trinajstić information content (AvgIpc) is 3.30. The Hall–Kier alpha value is -4.11. The second-order valence-corrected chi connectivity index (χ2v) is 10.1. The molecular weight excluding hydrogens is 542 g/mol. The molecule has 2 aromatic rings. The van der Waals surface area contributed by atoms with Crippen molar-refractivity contribution in [3.63, 3.8) is 0 Å². The predicted molar refractivity (Wildman–Crippen MR) is 149 cm³/mol. The molecule has 0 aliphatic heterocycles. The van der Waals surface area contributed by atoms with Gasteiger partial charge in [0.1, 0.15) is 18.1 Å². The molecule has 0 saturated heterocycles. The highest BCUT2D eigenvalue weighted by Crippen LogP contribution is 2.19. The number of rotatable bonds is 17. The van der Waals surface area contributed by atoms with Crippen molar-refractivity contribution in [1.82, 2.24) is 20.9 Å². The number of carbonyl (C=O) groups excluding carboxylic acids is 5. The molecular formula is C25H35N7O7S. The van der Waals surface area contributed by atoms with Crippen LogP contribution in [0.2, 0.25) is 0 Å². The van der Waals surface area contributed by atoms with Crippen molar-refractivity contribution < 1.29 is 33.9 Å². The number of amides is 5. The Morgan fingerprint density at radius 1 is 0.900 bits per heavy atom. The molecule has 40 heavy (non-hydrogen) atoms. The molecule has 14 nitrogen and oxygen atoms in total. The molecule has 1 aromatic heterocycles. The minimum atomic E-state index is -1.46. The van der Waals surface area contributed by atoms with Crippen molar-refractivity contribution >= 4 is 58.2 Å². The zero-order valence-corrected chi connectivity index (χ0v) is 22.8. The summed E-state index contributed by atoms with van der Waals surface area (Å²) < 4.78 is 0. The van der Waals surface area contributed by atoms with Crippen LogP contribution in [0.5, 0.6) is 0 Å². The van der Waals surface area contributed by atoms with Crippen molar-refractivity contribution in [2.24, 2.45) is 17.2 Å². The van der Waals surface area contributed by atoms with Gasteiger partial charge in [0.2, 0.25) is 29.5 Å². The van der Waals surface area contributed by atoms with Gasteiger partial charge in [-0.15, -0.1) is 0 Å². The normalized spacial score (nSPS) is 13.9. The number of carboxylic acid groups (broad SMARTS) is 1. The first-order valence-corrected chi connectivity index (χ1v) is 13.8. The summed E-state index contributed by atoms with van der Waals surface area (Å²) in [5.74, 6) is -4.87. The lowest BCUT2D eigenvalue weighted by Crippen LogP contribution is -2.58. The predicted octanol–water partition coefficient (Wildman–Crippen LogP) is -1.53. The number of benzene rings is 1. The van der Waals surface area contributed by atoms with Crippen molar-refractivity contribution in [1.29, 1.82) is 0 Å². The van der Waals surface area contributed by atoms with Gasteiger partial charge in [-0.1, -0.05) is 18.2 Å². The number of hydrogen-bond donors (Lipinski definition) is 8. The van der Waals surface area contributed by atoms with Crippen molar-refractivity contribution in [3.8, 4) is 0 Å². The van der Waals surface area contributed by atoms with Gasteiger partial charge < -0.3 is 43.2 Å². The van der Waals surface area contributed by atoms with Crippen LogP contribution in [0.3, 0.4) is 0 Å². The van der Waals surface area contributed by atoms with Crippen LogP contribution in [0, 0.1) is 0 Å². The van der Waals surface area contributed by atoms with Crippen LogP contribution >= 0.6 is 11.8 Å². The van der Waals surface area contributed by atoms with Crippen LogP contribution in [0.25, 0.3) is 10.9 Å². The Morgan fingerprint density at radius 2 is 1.52 bits per heavy atom. The van der Waals surface area contributed by atoms with E-state index in [0.717, 1.165) is 10.9 Å². The van der Waals surface area contributed by atoms with Crippen molar-refractivity contribution in [2.45, 2.75) is 56.3 Å². The van der Waals surface area contributed by atoms with Gasteiger partial charge in [0.05, 0.1) is 12.5 Å². The lowest BCUT2D eigenvalue weighted by molar-refractivity contribution is -0.142. The van der Waals surface area contributed by atoms with Crippen LogP contribution in [0.1, 0.15) is 31.2 Å². The number of aromatic amines is 1. The average molecular weight is 578 g/mol. The molecule has 0 aliphatic carbocycles. The van der Waals surface area contributed by atoms with Gasteiger partial charge in [-0.3, -0.25) is 24.0 Å². The van der Waals surface area contributed by atoms with E-state index in [4.69, 9.17) is 17.2 Å². The number of H-pyrrole nitrogens is 1. The van der Waals surface area contributed by atoms with E-state index in [2.05, 4.69) is 20.9 Å². The molecule has 0 radical (unpaired) electrons. The molecule has 0 saturated carbocycles. The summed E-state index contributed by atoms with van der Waals surface area (Å²) in [6.07, 6.45) is 2.62. The van der Waals surface area contributed by atoms with E-state index in [-0.39, 0.29) is 19.3 Å². The highest BCUT2D eigenvalue weighted by Gasteiger charge is 2.31. The Morgan fingerprint density at radius 3 is 2.15 bits per heavy atom. The van der Waals surface area contributed by atoms with Crippen LogP contribution in [0.4, 0.5) is 0 Å². The number of carbonyl (C=O) groups is 6. The van der Waals surface area contributed by atoms with Gasteiger partial charge in [-0.05, 0) is 36.5 Å². The smallest absolute Gasteiger partial charge is 0.326 e. The van der Waals surface area contributed by atoms with Crippen LogP contribution in [-0.2, 0) is 35.2 Å². The largest absolute Gasteiger partial charge is 0.480 e.